The normalized spacial score (nSPS) is 15.6. The van der Waals surface area contributed by atoms with Crippen LogP contribution in [0.5, 0.6) is 0 Å². The van der Waals surface area contributed by atoms with Gasteiger partial charge in [0.15, 0.2) is 11.6 Å². The van der Waals surface area contributed by atoms with Gasteiger partial charge in [0.1, 0.15) is 17.8 Å². The molecule has 0 bridgehead atoms. The van der Waals surface area contributed by atoms with Crippen LogP contribution in [-0.4, -0.2) is 55.1 Å². The summed E-state index contributed by atoms with van der Waals surface area (Å²) in [6, 6.07) is 5.14. The van der Waals surface area contributed by atoms with Crippen molar-refractivity contribution < 1.29 is 17.2 Å². The lowest BCUT2D eigenvalue weighted by Gasteiger charge is -2.43. The van der Waals surface area contributed by atoms with Crippen molar-refractivity contribution in [3.05, 3.63) is 42.2 Å². The van der Waals surface area contributed by atoms with E-state index in [0.717, 1.165) is 6.26 Å². The van der Waals surface area contributed by atoms with Gasteiger partial charge in [-0.1, -0.05) is 0 Å². The Morgan fingerprint density at radius 3 is 2.38 bits per heavy atom. The van der Waals surface area contributed by atoms with E-state index in [2.05, 4.69) is 9.97 Å². The van der Waals surface area contributed by atoms with E-state index in [1.54, 1.807) is 4.90 Å². The minimum Gasteiger partial charge on any atom is -0.351 e. The van der Waals surface area contributed by atoms with Gasteiger partial charge < -0.3 is 4.90 Å². The first-order valence-electron chi connectivity index (χ1n) is 7.22. The molecule has 1 aromatic carbocycles. The van der Waals surface area contributed by atoms with E-state index >= 15 is 0 Å². The molecule has 1 saturated heterocycles. The van der Waals surface area contributed by atoms with E-state index in [-0.39, 0.29) is 17.6 Å². The van der Waals surface area contributed by atoms with Crippen molar-refractivity contribution >= 4 is 15.8 Å². The van der Waals surface area contributed by atoms with Crippen LogP contribution in [0.15, 0.2) is 30.6 Å². The standard InChI is InChI=1S/C15H16F2N4O2S/c1-20(24(2,22)23)12-7-21(8-12)15-13(17)14(18-9-19-15)10-3-5-11(16)6-4-10/h3-6,9,12H,7-8H2,1-2H3. The zero-order valence-electron chi connectivity index (χ0n) is 13.1. The summed E-state index contributed by atoms with van der Waals surface area (Å²) in [6.45, 7) is 0.695. The molecule has 2 heterocycles. The van der Waals surface area contributed by atoms with Crippen molar-refractivity contribution in [2.45, 2.75) is 6.04 Å². The number of likely N-dealkylation sites (N-methyl/N-ethyl adjacent to an activating group) is 1. The van der Waals surface area contributed by atoms with Crippen molar-refractivity contribution in [3.63, 3.8) is 0 Å². The summed E-state index contributed by atoms with van der Waals surface area (Å²) in [6.07, 6.45) is 2.37. The average Bonchev–Trinajstić information content (AvgIpc) is 2.47. The molecule has 1 aliphatic heterocycles. The molecule has 128 valence electrons. The third-order valence-corrected chi connectivity index (χ3v) is 5.43. The molecule has 0 atom stereocenters. The molecule has 0 unspecified atom stereocenters. The fourth-order valence-corrected chi connectivity index (χ4v) is 3.19. The molecule has 9 heteroatoms. The highest BCUT2D eigenvalue weighted by Crippen LogP contribution is 2.29. The number of hydrogen-bond acceptors (Lipinski definition) is 5. The Hall–Kier alpha value is -2.13. The van der Waals surface area contributed by atoms with Crippen molar-refractivity contribution in [1.29, 1.82) is 0 Å². The molecular formula is C15H16F2N4O2S. The fourth-order valence-electron chi connectivity index (χ4n) is 2.52. The smallest absolute Gasteiger partial charge is 0.211 e. The maximum Gasteiger partial charge on any atom is 0.211 e. The van der Waals surface area contributed by atoms with Gasteiger partial charge >= 0.3 is 0 Å². The number of anilines is 1. The van der Waals surface area contributed by atoms with Crippen molar-refractivity contribution in [2.75, 3.05) is 31.3 Å². The van der Waals surface area contributed by atoms with Gasteiger partial charge in [0, 0.05) is 25.7 Å². The van der Waals surface area contributed by atoms with Crippen LogP contribution in [0.3, 0.4) is 0 Å². The first kappa shape index (κ1) is 16.7. The summed E-state index contributed by atoms with van der Waals surface area (Å²) in [5.41, 5.74) is 0.530. The van der Waals surface area contributed by atoms with Crippen LogP contribution >= 0.6 is 0 Å². The summed E-state index contributed by atoms with van der Waals surface area (Å²) in [7, 11) is -1.79. The average molecular weight is 354 g/mol. The van der Waals surface area contributed by atoms with Gasteiger partial charge in [0.25, 0.3) is 0 Å². The van der Waals surface area contributed by atoms with Crippen molar-refractivity contribution in [3.8, 4) is 11.3 Å². The molecule has 0 spiro atoms. The predicted octanol–water partition coefficient (Wildman–Crippen LogP) is 1.50. The van der Waals surface area contributed by atoms with Crippen LogP contribution in [0.25, 0.3) is 11.3 Å². The molecule has 0 aliphatic carbocycles. The van der Waals surface area contributed by atoms with Crippen LogP contribution in [0.4, 0.5) is 14.6 Å². The molecule has 6 nitrogen and oxygen atoms in total. The highest BCUT2D eigenvalue weighted by molar-refractivity contribution is 7.88. The van der Waals surface area contributed by atoms with E-state index in [1.807, 2.05) is 0 Å². The molecule has 2 aromatic rings. The van der Waals surface area contributed by atoms with E-state index in [9.17, 15) is 17.2 Å². The van der Waals surface area contributed by atoms with Crippen LogP contribution in [-0.2, 0) is 10.0 Å². The Balaban J connectivity index is 1.82. The van der Waals surface area contributed by atoms with E-state index in [4.69, 9.17) is 0 Å². The molecular weight excluding hydrogens is 338 g/mol. The van der Waals surface area contributed by atoms with Gasteiger partial charge in [0.05, 0.1) is 12.3 Å². The van der Waals surface area contributed by atoms with Crippen molar-refractivity contribution in [1.82, 2.24) is 14.3 Å². The summed E-state index contributed by atoms with van der Waals surface area (Å²) in [5.74, 6) is -0.908. The van der Waals surface area contributed by atoms with Gasteiger partial charge in [-0.3, -0.25) is 0 Å². The lowest BCUT2D eigenvalue weighted by Crippen LogP contribution is -2.60. The molecule has 3 rings (SSSR count). The van der Waals surface area contributed by atoms with Gasteiger partial charge in [-0.25, -0.2) is 27.2 Å². The maximum absolute atomic E-state index is 14.7. The van der Waals surface area contributed by atoms with Crippen LogP contribution in [0.2, 0.25) is 0 Å². The largest absolute Gasteiger partial charge is 0.351 e. The summed E-state index contributed by atoms with van der Waals surface area (Å²) < 4.78 is 52.0. The lowest BCUT2D eigenvalue weighted by molar-refractivity contribution is 0.309. The first-order chi connectivity index (χ1) is 11.3. The van der Waals surface area contributed by atoms with Crippen LogP contribution in [0, 0.1) is 11.6 Å². The Labute approximate surface area is 138 Å². The van der Waals surface area contributed by atoms with Gasteiger partial charge in [-0.2, -0.15) is 4.31 Å². The third kappa shape index (κ3) is 3.09. The second-order valence-electron chi connectivity index (χ2n) is 5.70. The second kappa shape index (κ2) is 6.06. The quantitative estimate of drug-likeness (QED) is 0.833. The molecule has 1 fully saturated rings. The molecule has 0 N–H and O–H groups in total. The number of halogens is 2. The summed E-state index contributed by atoms with van der Waals surface area (Å²) in [4.78, 5) is 9.54. The molecule has 24 heavy (non-hydrogen) atoms. The topological polar surface area (TPSA) is 66.4 Å². The Morgan fingerprint density at radius 2 is 1.79 bits per heavy atom. The third-order valence-electron chi connectivity index (χ3n) is 4.09. The van der Waals surface area contributed by atoms with Crippen LogP contribution < -0.4 is 4.90 Å². The Morgan fingerprint density at radius 1 is 1.17 bits per heavy atom. The zero-order chi connectivity index (χ0) is 17.5. The fraction of sp³-hybridized carbons (Fsp3) is 0.333. The SMILES string of the molecule is CN(C1CN(c2ncnc(-c3ccc(F)cc3)c2F)C1)S(C)(=O)=O. The lowest BCUT2D eigenvalue weighted by atomic mass is 10.1. The number of sulfonamides is 1. The van der Waals surface area contributed by atoms with E-state index in [1.165, 1.54) is 41.9 Å². The molecule has 1 aromatic heterocycles. The highest BCUT2D eigenvalue weighted by Gasteiger charge is 2.36. The predicted molar refractivity (Wildman–Crippen MR) is 86.0 cm³/mol. The maximum atomic E-state index is 14.7. The van der Waals surface area contributed by atoms with Crippen LogP contribution in [0.1, 0.15) is 0 Å². The van der Waals surface area contributed by atoms with Gasteiger partial charge in [-0.05, 0) is 24.3 Å². The number of hydrogen-bond donors (Lipinski definition) is 0. The van der Waals surface area contributed by atoms with Crippen molar-refractivity contribution in [2.24, 2.45) is 0 Å². The molecule has 1 aliphatic rings. The molecule has 0 saturated carbocycles. The monoisotopic (exact) mass is 354 g/mol. The number of benzene rings is 1. The minimum atomic E-state index is -3.29. The minimum absolute atomic E-state index is 0.0833. The number of rotatable bonds is 4. The number of nitrogens with zero attached hydrogens (tertiary/aromatic N) is 4. The zero-order valence-corrected chi connectivity index (χ0v) is 14.0. The Bertz CT molecular complexity index is 852. The van der Waals surface area contributed by atoms with Gasteiger partial charge in [0.2, 0.25) is 10.0 Å². The Kier molecular flexibility index (Phi) is 4.22. The van der Waals surface area contributed by atoms with E-state index < -0.39 is 21.7 Å². The van der Waals surface area contributed by atoms with E-state index in [0.29, 0.717) is 18.7 Å². The number of aromatic nitrogens is 2. The second-order valence-corrected chi connectivity index (χ2v) is 7.75. The van der Waals surface area contributed by atoms with Gasteiger partial charge in [-0.15, -0.1) is 0 Å². The first-order valence-corrected chi connectivity index (χ1v) is 9.06. The molecule has 0 radical (unpaired) electrons. The summed E-state index contributed by atoms with van der Waals surface area (Å²) >= 11 is 0. The molecule has 0 amide bonds. The summed E-state index contributed by atoms with van der Waals surface area (Å²) in [5, 5.41) is 0. The highest BCUT2D eigenvalue weighted by atomic mass is 32.2.